The van der Waals surface area contributed by atoms with Crippen LogP contribution >= 0.6 is 0 Å². The smallest absolute Gasteiger partial charge is 0.328 e. The molecule has 0 spiro atoms. The lowest BCUT2D eigenvalue weighted by Crippen LogP contribution is -2.39. The van der Waals surface area contributed by atoms with Gasteiger partial charge in [0.2, 0.25) is 5.91 Å². The van der Waals surface area contributed by atoms with Gasteiger partial charge in [0.05, 0.1) is 10.4 Å². The normalized spacial score (nSPS) is 12.3. The second-order valence-electron chi connectivity index (χ2n) is 7.30. The van der Waals surface area contributed by atoms with Crippen molar-refractivity contribution in [3.05, 3.63) is 60.5 Å². The van der Waals surface area contributed by atoms with Crippen LogP contribution in [0.15, 0.2) is 59.6 Å². The fourth-order valence-corrected chi connectivity index (χ4v) is 4.10. The maximum atomic E-state index is 13.9. The molecule has 170 valence electrons. The predicted octanol–water partition coefficient (Wildman–Crippen LogP) is 3.77. The SMILES string of the molecule is CCCCNC(=O)NS(=O)(=O)c1ccc(NC(=O)[C@@H](C)n2ccc3c(F)cccc32)cc1. The number of benzene rings is 2. The number of sulfonamides is 1. The van der Waals surface area contributed by atoms with Crippen LogP contribution in [0.2, 0.25) is 0 Å². The van der Waals surface area contributed by atoms with Crippen molar-refractivity contribution in [1.82, 2.24) is 14.6 Å². The van der Waals surface area contributed by atoms with E-state index in [2.05, 4.69) is 10.6 Å². The van der Waals surface area contributed by atoms with E-state index in [0.29, 0.717) is 23.1 Å². The highest BCUT2D eigenvalue weighted by molar-refractivity contribution is 7.90. The lowest BCUT2D eigenvalue weighted by Gasteiger charge is -2.16. The topological polar surface area (TPSA) is 109 Å². The molecule has 0 saturated carbocycles. The summed E-state index contributed by atoms with van der Waals surface area (Å²) in [6.45, 7) is 4.02. The Kier molecular flexibility index (Phi) is 7.14. The van der Waals surface area contributed by atoms with E-state index in [1.54, 1.807) is 35.9 Å². The highest BCUT2D eigenvalue weighted by atomic mass is 32.2. The molecular formula is C22H25FN4O4S. The molecule has 0 aliphatic carbocycles. The van der Waals surface area contributed by atoms with Crippen LogP contribution in [0.25, 0.3) is 10.9 Å². The molecule has 8 nitrogen and oxygen atoms in total. The van der Waals surface area contributed by atoms with Crippen molar-refractivity contribution in [2.24, 2.45) is 0 Å². The summed E-state index contributed by atoms with van der Waals surface area (Å²) in [5.41, 5.74) is 0.980. The fourth-order valence-electron chi connectivity index (χ4n) is 3.17. The van der Waals surface area contributed by atoms with Crippen LogP contribution in [0.5, 0.6) is 0 Å². The molecule has 10 heteroatoms. The van der Waals surface area contributed by atoms with Crippen molar-refractivity contribution < 1.29 is 22.4 Å². The molecule has 3 amide bonds. The summed E-state index contributed by atoms with van der Waals surface area (Å²) in [6.07, 6.45) is 3.26. The van der Waals surface area contributed by atoms with E-state index in [4.69, 9.17) is 0 Å². The molecule has 0 fully saturated rings. The Bertz CT molecular complexity index is 1220. The number of nitrogens with zero attached hydrogens (tertiary/aromatic N) is 1. The number of urea groups is 1. The minimum Gasteiger partial charge on any atom is -0.337 e. The number of carbonyl (C=O) groups is 2. The van der Waals surface area contributed by atoms with Crippen LogP contribution in [0.3, 0.4) is 0 Å². The Labute approximate surface area is 185 Å². The zero-order valence-electron chi connectivity index (χ0n) is 17.8. The van der Waals surface area contributed by atoms with Crippen molar-refractivity contribution in [2.45, 2.75) is 37.6 Å². The summed E-state index contributed by atoms with van der Waals surface area (Å²) in [7, 11) is -4.04. The summed E-state index contributed by atoms with van der Waals surface area (Å²) >= 11 is 0. The average molecular weight is 461 g/mol. The average Bonchev–Trinajstić information content (AvgIpc) is 3.19. The number of halogens is 1. The third-order valence-corrected chi connectivity index (χ3v) is 6.33. The quantitative estimate of drug-likeness (QED) is 0.445. The van der Waals surface area contributed by atoms with Crippen molar-refractivity contribution in [3.63, 3.8) is 0 Å². The van der Waals surface area contributed by atoms with E-state index in [1.165, 1.54) is 30.3 Å². The third-order valence-electron chi connectivity index (χ3n) is 4.98. The van der Waals surface area contributed by atoms with E-state index < -0.39 is 22.1 Å². The lowest BCUT2D eigenvalue weighted by molar-refractivity contribution is -0.118. The van der Waals surface area contributed by atoms with Crippen molar-refractivity contribution in [2.75, 3.05) is 11.9 Å². The van der Waals surface area contributed by atoms with Crippen molar-refractivity contribution >= 4 is 38.6 Å². The molecule has 0 unspecified atom stereocenters. The first-order valence-electron chi connectivity index (χ1n) is 10.2. The molecule has 1 heterocycles. The predicted molar refractivity (Wildman–Crippen MR) is 120 cm³/mol. The molecule has 3 N–H and O–H groups in total. The highest BCUT2D eigenvalue weighted by Gasteiger charge is 2.20. The molecule has 0 bridgehead atoms. The van der Waals surface area contributed by atoms with Crippen LogP contribution in [-0.4, -0.2) is 31.5 Å². The summed E-state index contributed by atoms with van der Waals surface area (Å²) in [5, 5.41) is 5.62. The maximum Gasteiger partial charge on any atom is 0.328 e. The first kappa shape index (κ1) is 23.3. The molecule has 1 aromatic heterocycles. The zero-order valence-corrected chi connectivity index (χ0v) is 18.6. The van der Waals surface area contributed by atoms with Gasteiger partial charge in [0.25, 0.3) is 10.0 Å². The zero-order chi connectivity index (χ0) is 23.3. The molecule has 32 heavy (non-hydrogen) atoms. The summed E-state index contributed by atoms with van der Waals surface area (Å²) < 4.78 is 42.2. The number of nitrogens with one attached hydrogen (secondary N) is 3. The molecular weight excluding hydrogens is 435 g/mol. The Morgan fingerprint density at radius 1 is 1.09 bits per heavy atom. The Morgan fingerprint density at radius 3 is 2.50 bits per heavy atom. The molecule has 1 atom stereocenters. The van der Waals surface area contributed by atoms with Gasteiger partial charge < -0.3 is 15.2 Å². The number of carbonyl (C=O) groups excluding carboxylic acids is 2. The van der Waals surface area contributed by atoms with Crippen molar-refractivity contribution in [3.8, 4) is 0 Å². The molecule has 2 aromatic carbocycles. The summed E-state index contributed by atoms with van der Waals surface area (Å²) in [6, 6.07) is 10.3. The first-order chi connectivity index (χ1) is 15.2. The molecule has 0 aliphatic heterocycles. The summed E-state index contributed by atoms with van der Waals surface area (Å²) in [4.78, 5) is 24.3. The number of hydrogen-bond donors (Lipinski definition) is 3. The number of fused-ring (bicyclic) bond motifs is 1. The van der Waals surface area contributed by atoms with Gasteiger partial charge in [-0.1, -0.05) is 19.4 Å². The van der Waals surface area contributed by atoms with Gasteiger partial charge in [-0.2, -0.15) is 0 Å². The first-order valence-corrected chi connectivity index (χ1v) is 11.7. The molecule has 3 aromatic rings. The van der Waals surface area contributed by atoms with E-state index >= 15 is 0 Å². The Morgan fingerprint density at radius 2 is 1.81 bits per heavy atom. The highest BCUT2D eigenvalue weighted by Crippen LogP contribution is 2.23. The van der Waals surface area contributed by atoms with Crippen LogP contribution in [0, 0.1) is 5.82 Å². The maximum absolute atomic E-state index is 13.9. The fraction of sp³-hybridized carbons (Fsp3) is 0.273. The van der Waals surface area contributed by atoms with Crippen LogP contribution < -0.4 is 15.4 Å². The number of amides is 3. The summed E-state index contributed by atoms with van der Waals surface area (Å²) in [5.74, 6) is -0.714. The number of rotatable bonds is 8. The molecule has 0 saturated heterocycles. The van der Waals surface area contributed by atoms with Gasteiger partial charge in [-0.05, 0) is 55.8 Å². The van der Waals surface area contributed by atoms with E-state index in [-0.39, 0.29) is 16.6 Å². The molecule has 0 radical (unpaired) electrons. The van der Waals surface area contributed by atoms with Gasteiger partial charge in [-0.15, -0.1) is 0 Å². The van der Waals surface area contributed by atoms with Crippen molar-refractivity contribution in [1.29, 1.82) is 0 Å². The van der Waals surface area contributed by atoms with Crippen LogP contribution in [-0.2, 0) is 14.8 Å². The molecule has 0 aliphatic rings. The van der Waals surface area contributed by atoms with Gasteiger partial charge in [0.1, 0.15) is 11.9 Å². The van der Waals surface area contributed by atoms with E-state index in [1.807, 2.05) is 11.6 Å². The van der Waals surface area contributed by atoms with Crippen LogP contribution in [0.1, 0.15) is 32.7 Å². The lowest BCUT2D eigenvalue weighted by atomic mass is 10.2. The Balaban J connectivity index is 1.66. The number of anilines is 1. The Hall–Kier alpha value is -3.40. The molecule has 3 rings (SSSR count). The minimum atomic E-state index is -4.04. The van der Waals surface area contributed by atoms with Gasteiger partial charge >= 0.3 is 6.03 Å². The number of hydrogen-bond acceptors (Lipinski definition) is 4. The number of unbranched alkanes of at least 4 members (excludes halogenated alkanes) is 1. The second kappa shape index (κ2) is 9.82. The minimum absolute atomic E-state index is 0.110. The third kappa shape index (κ3) is 5.25. The number of aromatic nitrogens is 1. The standard InChI is InChI=1S/C22H25FN4O4S/c1-3-4-13-24-22(29)26-32(30,31)17-10-8-16(9-11-17)25-21(28)15(2)27-14-12-18-19(23)6-5-7-20(18)27/h5-12,14-15H,3-4,13H2,1-2H3,(H,25,28)(H2,24,26,29)/t15-/m1/s1. The van der Waals surface area contributed by atoms with Gasteiger partial charge in [-0.3, -0.25) is 4.79 Å². The van der Waals surface area contributed by atoms with E-state index in [9.17, 15) is 22.4 Å². The van der Waals surface area contributed by atoms with Gasteiger partial charge in [0, 0.05) is 23.8 Å². The largest absolute Gasteiger partial charge is 0.337 e. The van der Waals surface area contributed by atoms with Gasteiger partial charge in [-0.25, -0.2) is 22.3 Å². The van der Waals surface area contributed by atoms with Gasteiger partial charge in [0.15, 0.2) is 0 Å². The second-order valence-corrected chi connectivity index (χ2v) is 8.98. The monoisotopic (exact) mass is 460 g/mol. The van der Waals surface area contributed by atoms with Crippen LogP contribution in [0.4, 0.5) is 14.9 Å². The van der Waals surface area contributed by atoms with E-state index in [0.717, 1.165) is 12.8 Å².